The number of halogens is 1. The summed E-state index contributed by atoms with van der Waals surface area (Å²) in [6.45, 7) is 0.194. The minimum atomic E-state index is -0.186. The summed E-state index contributed by atoms with van der Waals surface area (Å²) in [6, 6.07) is 12.8. The number of hydrogen-bond donors (Lipinski definition) is 1. The Morgan fingerprint density at radius 2 is 2.00 bits per heavy atom. The van der Waals surface area contributed by atoms with E-state index in [4.69, 9.17) is 13.9 Å². The van der Waals surface area contributed by atoms with Gasteiger partial charge in [0.1, 0.15) is 0 Å². The Kier molecular flexibility index (Phi) is 4.81. The third-order valence-electron chi connectivity index (χ3n) is 3.49. The van der Waals surface area contributed by atoms with E-state index in [0.717, 1.165) is 10.0 Å². The molecule has 1 aliphatic heterocycles. The highest BCUT2D eigenvalue weighted by Crippen LogP contribution is 2.34. The summed E-state index contributed by atoms with van der Waals surface area (Å²) in [4.78, 5) is 12.1. The second kappa shape index (κ2) is 7.38. The number of aromatic nitrogens is 2. The molecule has 1 aliphatic rings. The van der Waals surface area contributed by atoms with Gasteiger partial charge in [-0.15, -0.1) is 10.2 Å². The van der Waals surface area contributed by atoms with Gasteiger partial charge in [-0.2, -0.15) is 0 Å². The number of carbonyl (C=O) groups excluding carboxylic acids is 1. The molecule has 1 amide bonds. The molecule has 132 valence electrons. The molecule has 0 atom stereocenters. The van der Waals surface area contributed by atoms with E-state index in [2.05, 4.69) is 31.4 Å². The van der Waals surface area contributed by atoms with Crippen LogP contribution in [0.5, 0.6) is 11.5 Å². The van der Waals surface area contributed by atoms with Crippen molar-refractivity contribution in [3.8, 4) is 23.0 Å². The standard InChI is InChI=1S/C17H12BrN3O4S/c18-12-4-2-1-3-11(12)16-20-21-17(25-16)26-8-15(22)19-10-5-6-13-14(7-10)24-9-23-13/h1-7H,8-9H2,(H,19,22). The highest BCUT2D eigenvalue weighted by molar-refractivity contribution is 9.10. The number of anilines is 1. The van der Waals surface area contributed by atoms with Gasteiger partial charge in [-0.25, -0.2) is 0 Å². The van der Waals surface area contributed by atoms with Crippen LogP contribution in [0.3, 0.4) is 0 Å². The predicted octanol–water partition coefficient (Wildman–Crippen LogP) is 3.96. The summed E-state index contributed by atoms with van der Waals surface area (Å²) in [5, 5.41) is 11.1. The van der Waals surface area contributed by atoms with Gasteiger partial charge in [-0.1, -0.05) is 23.9 Å². The topological polar surface area (TPSA) is 86.5 Å². The Bertz CT molecular complexity index is 963. The maximum absolute atomic E-state index is 12.1. The van der Waals surface area contributed by atoms with Crippen molar-refractivity contribution in [3.05, 3.63) is 46.9 Å². The largest absolute Gasteiger partial charge is 0.454 e. The fourth-order valence-corrected chi connectivity index (χ4v) is 3.33. The SMILES string of the molecule is O=C(CSc1nnc(-c2ccccc2Br)o1)Nc1ccc2c(c1)OCO2. The average Bonchev–Trinajstić information content (AvgIpc) is 3.29. The molecule has 0 radical (unpaired) electrons. The molecule has 4 rings (SSSR count). The van der Waals surface area contributed by atoms with Gasteiger partial charge >= 0.3 is 0 Å². The molecular formula is C17H12BrN3O4S. The Morgan fingerprint density at radius 1 is 1.15 bits per heavy atom. The fraction of sp³-hybridized carbons (Fsp3) is 0.118. The number of carbonyl (C=O) groups is 1. The Hall–Kier alpha value is -2.52. The first-order valence-corrected chi connectivity index (χ1v) is 9.37. The van der Waals surface area contributed by atoms with Gasteiger partial charge in [0.2, 0.25) is 18.6 Å². The molecule has 1 aromatic heterocycles. The van der Waals surface area contributed by atoms with Crippen molar-refractivity contribution in [2.24, 2.45) is 0 Å². The second-order valence-electron chi connectivity index (χ2n) is 5.26. The number of fused-ring (bicyclic) bond motifs is 1. The molecule has 0 aliphatic carbocycles. The first-order chi connectivity index (χ1) is 12.7. The van der Waals surface area contributed by atoms with Gasteiger partial charge < -0.3 is 19.2 Å². The van der Waals surface area contributed by atoms with Gasteiger partial charge in [0.05, 0.1) is 11.3 Å². The molecule has 3 aromatic rings. The van der Waals surface area contributed by atoms with Crippen LogP contribution in [0, 0.1) is 0 Å². The zero-order valence-corrected chi connectivity index (χ0v) is 15.7. The fourth-order valence-electron chi connectivity index (χ4n) is 2.31. The minimum Gasteiger partial charge on any atom is -0.454 e. The zero-order valence-electron chi connectivity index (χ0n) is 13.3. The van der Waals surface area contributed by atoms with E-state index in [1.807, 2.05) is 24.3 Å². The molecule has 7 nitrogen and oxygen atoms in total. The molecule has 2 heterocycles. The van der Waals surface area contributed by atoms with Crippen LogP contribution < -0.4 is 14.8 Å². The maximum Gasteiger partial charge on any atom is 0.277 e. The van der Waals surface area contributed by atoms with Crippen molar-refractivity contribution in [3.63, 3.8) is 0 Å². The summed E-state index contributed by atoms with van der Waals surface area (Å²) in [7, 11) is 0. The van der Waals surface area contributed by atoms with Crippen molar-refractivity contribution in [1.82, 2.24) is 10.2 Å². The maximum atomic E-state index is 12.1. The van der Waals surface area contributed by atoms with Crippen molar-refractivity contribution in [2.45, 2.75) is 5.22 Å². The quantitative estimate of drug-likeness (QED) is 0.609. The molecule has 0 fully saturated rings. The van der Waals surface area contributed by atoms with E-state index in [-0.39, 0.29) is 18.5 Å². The molecule has 0 saturated carbocycles. The summed E-state index contributed by atoms with van der Waals surface area (Å²) >= 11 is 4.62. The monoisotopic (exact) mass is 433 g/mol. The van der Waals surface area contributed by atoms with Crippen LogP contribution in [-0.2, 0) is 4.79 Å². The number of hydrogen-bond acceptors (Lipinski definition) is 7. The van der Waals surface area contributed by atoms with E-state index in [0.29, 0.717) is 28.3 Å². The normalized spacial score (nSPS) is 12.2. The summed E-state index contributed by atoms with van der Waals surface area (Å²) in [6.07, 6.45) is 0. The molecule has 26 heavy (non-hydrogen) atoms. The lowest BCUT2D eigenvalue weighted by Crippen LogP contribution is -2.13. The predicted molar refractivity (Wildman–Crippen MR) is 99.4 cm³/mol. The van der Waals surface area contributed by atoms with Crippen molar-refractivity contribution < 1.29 is 18.7 Å². The van der Waals surface area contributed by atoms with Crippen LogP contribution in [0.2, 0.25) is 0 Å². The number of ether oxygens (including phenoxy) is 2. The lowest BCUT2D eigenvalue weighted by atomic mass is 10.2. The zero-order chi connectivity index (χ0) is 17.9. The first-order valence-electron chi connectivity index (χ1n) is 7.60. The molecule has 0 bridgehead atoms. The van der Waals surface area contributed by atoms with Crippen LogP contribution in [0.15, 0.2) is 56.6 Å². The number of benzene rings is 2. The molecular weight excluding hydrogens is 422 g/mol. The van der Waals surface area contributed by atoms with Gasteiger partial charge in [0.15, 0.2) is 11.5 Å². The van der Waals surface area contributed by atoms with E-state index >= 15 is 0 Å². The summed E-state index contributed by atoms with van der Waals surface area (Å²) in [5.41, 5.74) is 1.44. The van der Waals surface area contributed by atoms with Crippen LogP contribution >= 0.6 is 27.7 Å². The Labute approximate surface area is 161 Å². The Balaban J connectivity index is 1.36. The Morgan fingerprint density at radius 3 is 2.88 bits per heavy atom. The second-order valence-corrected chi connectivity index (χ2v) is 7.04. The van der Waals surface area contributed by atoms with Crippen molar-refractivity contribution in [1.29, 1.82) is 0 Å². The number of thioether (sulfide) groups is 1. The first kappa shape index (κ1) is 16.9. The number of rotatable bonds is 5. The van der Waals surface area contributed by atoms with Crippen molar-refractivity contribution >= 4 is 39.3 Å². The number of amides is 1. The number of nitrogens with one attached hydrogen (secondary N) is 1. The summed E-state index contributed by atoms with van der Waals surface area (Å²) < 4.78 is 17.0. The van der Waals surface area contributed by atoms with Crippen LogP contribution in [0.4, 0.5) is 5.69 Å². The highest BCUT2D eigenvalue weighted by Gasteiger charge is 2.16. The number of nitrogens with zero attached hydrogens (tertiary/aromatic N) is 2. The van der Waals surface area contributed by atoms with E-state index in [1.165, 1.54) is 11.8 Å². The molecule has 0 saturated heterocycles. The molecule has 2 aromatic carbocycles. The smallest absolute Gasteiger partial charge is 0.277 e. The van der Waals surface area contributed by atoms with E-state index in [9.17, 15) is 4.79 Å². The third kappa shape index (κ3) is 3.68. The van der Waals surface area contributed by atoms with E-state index < -0.39 is 0 Å². The van der Waals surface area contributed by atoms with Gasteiger partial charge in [-0.05, 0) is 40.2 Å². The lowest BCUT2D eigenvalue weighted by Gasteiger charge is -2.05. The van der Waals surface area contributed by atoms with Gasteiger partial charge in [0, 0.05) is 16.2 Å². The van der Waals surface area contributed by atoms with Gasteiger partial charge in [-0.3, -0.25) is 4.79 Å². The van der Waals surface area contributed by atoms with Gasteiger partial charge in [0.25, 0.3) is 5.22 Å². The minimum absolute atomic E-state index is 0.145. The third-order valence-corrected chi connectivity index (χ3v) is 5.00. The molecule has 1 N–H and O–H groups in total. The van der Waals surface area contributed by atoms with Crippen LogP contribution in [-0.4, -0.2) is 28.7 Å². The van der Waals surface area contributed by atoms with E-state index in [1.54, 1.807) is 18.2 Å². The molecule has 0 spiro atoms. The average molecular weight is 434 g/mol. The van der Waals surface area contributed by atoms with Crippen LogP contribution in [0.25, 0.3) is 11.5 Å². The summed E-state index contributed by atoms with van der Waals surface area (Å²) in [5.74, 6) is 1.64. The highest BCUT2D eigenvalue weighted by atomic mass is 79.9. The molecule has 0 unspecified atom stereocenters. The molecule has 9 heteroatoms. The van der Waals surface area contributed by atoms with Crippen molar-refractivity contribution in [2.75, 3.05) is 17.9 Å². The van der Waals surface area contributed by atoms with Crippen LogP contribution in [0.1, 0.15) is 0 Å². The lowest BCUT2D eigenvalue weighted by molar-refractivity contribution is -0.113.